The summed E-state index contributed by atoms with van der Waals surface area (Å²) in [6, 6.07) is 12.7. The number of ether oxygens (including phenoxy) is 1. The highest BCUT2D eigenvalue weighted by Crippen LogP contribution is 2.26. The molecular formula is C18H20FNO3. The molecule has 122 valence electrons. The zero-order valence-electron chi connectivity index (χ0n) is 13.1. The Bertz CT molecular complexity index is 673. The van der Waals surface area contributed by atoms with Gasteiger partial charge in [0.05, 0.1) is 24.3 Å². The average Bonchev–Trinajstić information content (AvgIpc) is 2.48. The molecule has 0 saturated carbocycles. The fourth-order valence-corrected chi connectivity index (χ4v) is 2.14. The Hall–Kier alpha value is -2.40. The van der Waals surface area contributed by atoms with E-state index in [0.717, 1.165) is 0 Å². The number of carbonyl (C=O) groups excluding carboxylic acids is 1. The van der Waals surface area contributed by atoms with Gasteiger partial charge in [0, 0.05) is 0 Å². The fraction of sp³-hybridized carbons (Fsp3) is 0.278. The van der Waals surface area contributed by atoms with Crippen molar-refractivity contribution < 1.29 is 19.0 Å². The number of aliphatic hydroxyl groups excluding tert-OH is 1. The van der Waals surface area contributed by atoms with Gasteiger partial charge < -0.3 is 15.2 Å². The maximum Gasteiger partial charge on any atom is 0.227 e. The molecule has 4 nitrogen and oxygen atoms in total. The van der Waals surface area contributed by atoms with E-state index in [2.05, 4.69) is 5.32 Å². The van der Waals surface area contributed by atoms with Crippen molar-refractivity contribution in [2.24, 2.45) is 0 Å². The molecule has 0 aliphatic heterocycles. The molecule has 0 aliphatic rings. The molecule has 5 heteroatoms. The summed E-state index contributed by atoms with van der Waals surface area (Å²) >= 11 is 0. The second kappa shape index (κ2) is 7.74. The summed E-state index contributed by atoms with van der Waals surface area (Å²) in [6.07, 6.45) is -1.26. The number of anilines is 1. The van der Waals surface area contributed by atoms with Gasteiger partial charge in [0.25, 0.3) is 0 Å². The van der Waals surface area contributed by atoms with Crippen LogP contribution < -0.4 is 10.1 Å². The van der Waals surface area contributed by atoms with E-state index in [1.54, 1.807) is 24.3 Å². The van der Waals surface area contributed by atoms with Gasteiger partial charge in [-0.15, -0.1) is 0 Å². The molecule has 2 aromatic rings. The zero-order chi connectivity index (χ0) is 16.8. The van der Waals surface area contributed by atoms with E-state index in [-0.39, 0.29) is 18.4 Å². The Kier molecular flexibility index (Phi) is 5.71. The van der Waals surface area contributed by atoms with Gasteiger partial charge in [-0.2, -0.15) is 0 Å². The number of rotatable bonds is 6. The predicted molar refractivity (Wildman–Crippen MR) is 86.8 cm³/mol. The normalized spacial score (nSPS) is 12.0. The number of hydrogen-bond donors (Lipinski definition) is 2. The van der Waals surface area contributed by atoms with Crippen molar-refractivity contribution in [3.63, 3.8) is 0 Å². The van der Waals surface area contributed by atoms with E-state index < -0.39 is 11.9 Å². The van der Waals surface area contributed by atoms with Gasteiger partial charge in [-0.05, 0) is 43.7 Å². The monoisotopic (exact) mass is 317 g/mol. The number of para-hydroxylation sites is 2. The highest BCUT2D eigenvalue weighted by molar-refractivity contribution is 5.92. The molecule has 0 heterocycles. The molecule has 0 fully saturated rings. The van der Waals surface area contributed by atoms with E-state index in [1.165, 1.54) is 18.2 Å². The molecular weight excluding hydrogens is 297 g/mol. The van der Waals surface area contributed by atoms with E-state index in [0.29, 0.717) is 17.0 Å². The molecule has 0 saturated heterocycles. The van der Waals surface area contributed by atoms with Gasteiger partial charge in [-0.25, -0.2) is 4.39 Å². The molecule has 0 radical (unpaired) electrons. The van der Waals surface area contributed by atoms with Crippen molar-refractivity contribution in [2.45, 2.75) is 32.5 Å². The number of nitrogens with one attached hydrogen (secondary N) is 1. The van der Waals surface area contributed by atoms with Crippen molar-refractivity contribution >= 4 is 11.6 Å². The van der Waals surface area contributed by atoms with Crippen LogP contribution >= 0.6 is 0 Å². The molecule has 0 aliphatic carbocycles. The van der Waals surface area contributed by atoms with Crippen LogP contribution in [0.2, 0.25) is 0 Å². The molecule has 1 unspecified atom stereocenters. The third kappa shape index (κ3) is 5.07. The first kappa shape index (κ1) is 17.0. The first-order chi connectivity index (χ1) is 11.0. The number of amides is 1. The van der Waals surface area contributed by atoms with Gasteiger partial charge in [0.2, 0.25) is 5.91 Å². The highest BCUT2D eigenvalue weighted by Gasteiger charge is 2.15. The molecule has 2 rings (SSSR count). The van der Waals surface area contributed by atoms with Crippen molar-refractivity contribution in [1.29, 1.82) is 0 Å². The molecule has 23 heavy (non-hydrogen) atoms. The van der Waals surface area contributed by atoms with Crippen molar-refractivity contribution in [1.82, 2.24) is 0 Å². The maximum atomic E-state index is 13.2. The Morgan fingerprint density at radius 3 is 2.65 bits per heavy atom. The number of halogens is 1. The number of benzene rings is 2. The summed E-state index contributed by atoms with van der Waals surface area (Å²) in [6.45, 7) is 3.79. The summed E-state index contributed by atoms with van der Waals surface area (Å²) in [7, 11) is 0. The maximum absolute atomic E-state index is 13.2. The summed E-state index contributed by atoms with van der Waals surface area (Å²) in [5, 5.41) is 12.8. The van der Waals surface area contributed by atoms with E-state index >= 15 is 0 Å². The minimum Gasteiger partial charge on any atom is -0.489 e. The van der Waals surface area contributed by atoms with Crippen LogP contribution in [0, 0.1) is 5.82 Å². The molecule has 2 N–H and O–H groups in total. The fourth-order valence-electron chi connectivity index (χ4n) is 2.14. The lowest BCUT2D eigenvalue weighted by atomic mass is 10.1. The average molecular weight is 317 g/mol. The number of aliphatic hydroxyl groups is 1. The van der Waals surface area contributed by atoms with Crippen LogP contribution in [0.3, 0.4) is 0 Å². The molecule has 0 bridgehead atoms. The minimum absolute atomic E-state index is 0.0223. The number of carbonyl (C=O) groups is 1. The second-order valence-electron chi connectivity index (χ2n) is 5.49. The molecule has 2 aromatic carbocycles. The molecule has 0 aromatic heterocycles. The van der Waals surface area contributed by atoms with Gasteiger partial charge in [0.15, 0.2) is 0 Å². The smallest absolute Gasteiger partial charge is 0.227 e. The van der Waals surface area contributed by atoms with Crippen molar-refractivity contribution in [3.8, 4) is 5.75 Å². The lowest BCUT2D eigenvalue weighted by Crippen LogP contribution is -2.17. The Labute approximate surface area is 134 Å². The van der Waals surface area contributed by atoms with E-state index in [9.17, 15) is 14.3 Å². The second-order valence-corrected chi connectivity index (χ2v) is 5.49. The molecule has 1 atom stereocenters. The van der Waals surface area contributed by atoms with Gasteiger partial charge in [0.1, 0.15) is 11.6 Å². The lowest BCUT2D eigenvalue weighted by molar-refractivity contribution is -0.118. The number of hydrogen-bond acceptors (Lipinski definition) is 3. The Morgan fingerprint density at radius 1 is 1.22 bits per heavy atom. The first-order valence-electron chi connectivity index (χ1n) is 7.45. The predicted octanol–water partition coefficient (Wildman–Crippen LogP) is 3.68. The quantitative estimate of drug-likeness (QED) is 0.854. The highest BCUT2D eigenvalue weighted by atomic mass is 19.1. The van der Waals surface area contributed by atoms with Gasteiger partial charge in [-0.3, -0.25) is 4.79 Å². The van der Waals surface area contributed by atoms with Crippen LogP contribution in [0.1, 0.15) is 31.9 Å². The topological polar surface area (TPSA) is 58.6 Å². The third-order valence-corrected chi connectivity index (χ3v) is 3.14. The van der Waals surface area contributed by atoms with Gasteiger partial charge in [-0.1, -0.05) is 24.3 Å². The third-order valence-electron chi connectivity index (χ3n) is 3.14. The first-order valence-corrected chi connectivity index (χ1v) is 7.45. The summed E-state index contributed by atoms with van der Waals surface area (Å²) in [5.74, 6) is -0.254. The Morgan fingerprint density at radius 2 is 1.96 bits per heavy atom. The van der Waals surface area contributed by atoms with Crippen LogP contribution in [0.5, 0.6) is 5.75 Å². The molecule has 1 amide bonds. The summed E-state index contributed by atoms with van der Waals surface area (Å²) in [5.41, 5.74) is 0.907. The van der Waals surface area contributed by atoms with Crippen LogP contribution in [0.4, 0.5) is 10.1 Å². The minimum atomic E-state index is -1.07. The van der Waals surface area contributed by atoms with Crippen LogP contribution in [0.15, 0.2) is 48.5 Å². The lowest BCUT2D eigenvalue weighted by Gasteiger charge is -2.16. The summed E-state index contributed by atoms with van der Waals surface area (Å²) in [4.78, 5) is 12.1. The van der Waals surface area contributed by atoms with Crippen LogP contribution in [0.25, 0.3) is 0 Å². The molecule has 0 spiro atoms. The van der Waals surface area contributed by atoms with Gasteiger partial charge >= 0.3 is 0 Å². The Balaban J connectivity index is 2.02. The van der Waals surface area contributed by atoms with E-state index in [4.69, 9.17) is 4.74 Å². The van der Waals surface area contributed by atoms with E-state index in [1.807, 2.05) is 19.9 Å². The summed E-state index contributed by atoms with van der Waals surface area (Å²) < 4.78 is 18.8. The van der Waals surface area contributed by atoms with Crippen LogP contribution in [-0.4, -0.2) is 17.1 Å². The SMILES string of the molecule is CC(C)Oc1ccccc1NC(=O)CC(O)c1cccc(F)c1. The van der Waals surface area contributed by atoms with Crippen molar-refractivity contribution in [2.75, 3.05) is 5.32 Å². The van der Waals surface area contributed by atoms with Crippen LogP contribution in [-0.2, 0) is 4.79 Å². The zero-order valence-corrected chi connectivity index (χ0v) is 13.1. The standard InChI is InChI=1S/C18H20FNO3/c1-12(2)23-17-9-4-3-8-15(17)20-18(22)11-16(21)13-6-5-7-14(19)10-13/h3-10,12,16,21H,11H2,1-2H3,(H,20,22). The van der Waals surface area contributed by atoms with Crippen molar-refractivity contribution in [3.05, 3.63) is 59.9 Å². The largest absolute Gasteiger partial charge is 0.489 e.